The molecule has 3 rings (SSSR count). The molecule has 1 heterocycles. The number of rotatable bonds is 5. The molecule has 0 aromatic heterocycles. The van der Waals surface area contributed by atoms with Crippen molar-refractivity contribution in [1.82, 2.24) is 10.4 Å². The van der Waals surface area contributed by atoms with E-state index >= 15 is 0 Å². The van der Waals surface area contributed by atoms with E-state index in [0.29, 0.717) is 23.7 Å². The van der Waals surface area contributed by atoms with Gasteiger partial charge in [0.25, 0.3) is 0 Å². The molecule has 0 radical (unpaired) electrons. The van der Waals surface area contributed by atoms with E-state index in [1.165, 1.54) is 6.26 Å². The van der Waals surface area contributed by atoms with Crippen LogP contribution >= 0.6 is 0 Å². The minimum atomic E-state index is -3.19. The van der Waals surface area contributed by atoms with Gasteiger partial charge in [0, 0.05) is 19.3 Å². The number of hydrogen-bond acceptors (Lipinski definition) is 6. The van der Waals surface area contributed by atoms with Crippen molar-refractivity contribution < 1.29 is 23.1 Å². The number of hydrogen-bond donors (Lipinski definition) is 3. The molecule has 2 aliphatic rings. The molecule has 8 nitrogen and oxygen atoms in total. The Morgan fingerprint density at radius 2 is 1.57 bits per heavy atom. The summed E-state index contributed by atoms with van der Waals surface area (Å²) in [6.45, 7) is 1.41. The topological polar surface area (TPSA) is 112 Å². The van der Waals surface area contributed by atoms with Crippen LogP contribution in [0.15, 0.2) is 29.2 Å². The molecular weight excluding hydrogens is 382 g/mol. The number of nitrogens with zero attached hydrogens (tertiary/aromatic N) is 1. The van der Waals surface area contributed by atoms with E-state index in [-0.39, 0.29) is 24.3 Å². The lowest BCUT2D eigenvalue weighted by Gasteiger charge is -2.36. The fourth-order valence-corrected chi connectivity index (χ4v) is 4.43. The van der Waals surface area contributed by atoms with Crippen molar-refractivity contribution in [1.29, 1.82) is 5.41 Å². The molecule has 1 saturated carbocycles. The number of likely N-dealkylation sites (tertiary alicyclic amines) is 1. The Hall–Kier alpha value is -1.84. The lowest BCUT2D eigenvalue weighted by molar-refractivity contribution is -0.0619. The van der Waals surface area contributed by atoms with Crippen LogP contribution in [0.4, 0.5) is 0 Å². The second-order valence-corrected chi connectivity index (χ2v) is 9.56. The third-order valence-corrected chi connectivity index (χ3v) is 6.55. The van der Waals surface area contributed by atoms with Gasteiger partial charge in [0.15, 0.2) is 9.84 Å². The van der Waals surface area contributed by atoms with E-state index in [0.717, 1.165) is 38.5 Å². The third kappa shape index (κ3) is 5.59. The van der Waals surface area contributed by atoms with Crippen molar-refractivity contribution in [3.63, 3.8) is 0 Å². The SMILES string of the molecule is CS(=O)(=O)c1ccc(O[C@H]2CC[C@H](OC3CCN(C(=N)NO)CC3)CC2)cc1. The van der Waals surface area contributed by atoms with E-state index in [9.17, 15) is 8.42 Å². The van der Waals surface area contributed by atoms with Crippen LogP contribution in [0.1, 0.15) is 38.5 Å². The van der Waals surface area contributed by atoms with Crippen LogP contribution in [0.2, 0.25) is 0 Å². The zero-order valence-electron chi connectivity index (χ0n) is 16.1. The van der Waals surface area contributed by atoms with Gasteiger partial charge in [-0.25, -0.2) is 13.9 Å². The Labute approximate surface area is 166 Å². The van der Waals surface area contributed by atoms with Gasteiger partial charge in [-0.2, -0.15) is 0 Å². The van der Waals surface area contributed by atoms with E-state index in [1.54, 1.807) is 29.2 Å². The van der Waals surface area contributed by atoms with Crippen molar-refractivity contribution in [2.45, 2.75) is 61.7 Å². The molecule has 156 valence electrons. The highest BCUT2D eigenvalue weighted by Gasteiger charge is 2.28. The average molecular weight is 412 g/mol. The van der Waals surface area contributed by atoms with Crippen LogP contribution in [0.25, 0.3) is 0 Å². The standard InChI is InChI=1S/C19H29N3O5S/c1-28(24,25)18-8-6-16(7-9-18)26-14-2-4-15(5-3-14)27-17-10-12-22(13-11-17)19(20)21-23/h6-9,14-15,17,23H,2-5,10-13H2,1H3,(H2,20,21)/t14-,15-. The van der Waals surface area contributed by atoms with Gasteiger partial charge < -0.3 is 14.4 Å². The Morgan fingerprint density at radius 1 is 1.04 bits per heavy atom. The highest BCUT2D eigenvalue weighted by molar-refractivity contribution is 7.90. The van der Waals surface area contributed by atoms with Gasteiger partial charge in [-0.15, -0.1) is 0 Å². The zero-order valence-corrected chi connectivity index (χ0v) is 17.0. The molecule has 0 unspecified atom stereocenters. The minimum Gasteiger partial charge on any atom is -0.490 e. The molecule has 1 saturated heterocycles. The normalized spacial score (nSPS) is 24.0. The second kappa shape index (κ2) is 9.11. The zero-order chi connectivity index (χ0) is 20.1. The Bertz CT molecular complexity index is 752. The second-order valence-electron chi connectivity index (χ2n) is 7.54. The van der Waals surface area contributed by atoms with E-state index in [2.05, 4.69) is 0 Å². The first-order chi connectivity index (χ1) is 13.3. The van der Waals surface area contributed by atoms with Crippen molar-refractivity contribution in [3.8, 4) is 5.75 Å². The summed E-state index contributed by atoms with van der Waals surface area (Å²) in [6, 6.07) is 6.59. The predicted molar refractivity (Wildman–Crippen MR) is 105 cm³/mol. The number of nitrogens with one attached hydrogen (secondary N) is 2. The van der Waals surface area contributed by atoms with Crippen molar-refractivity contribution in [3.05, 3.63) is 24.3 Å². The fraction of sp³-hybridized carbons (Fsp3) is 0.632. The smallest absolute Gasteiger partial charge is 0.215 e. The molecule has 0 bridgehead atoms. The van der Waals surface area contributed by atoms with Crippen LogP contribution < -0.4 is 10.2 Å². The fourth-order valence-electron chi connectivity index (χ4n) is 3.80. The molecule has 2 fully saturated rings. The summed E-state index contributed by atoms with van der Waals surface area (Å²) in [7, 11) is -3.19. The van der Waals surface area contributed by atoms with E-state index < -0.39 is 9.84 Å². The van der Waals surface area contributed by atoms with E-state index in [4.69, 9.17) is 20.1 Å². The molecule has 1 aliphatic heterocycles. The first kappa shape index (κ1) is 20.9. The first-order valence-corrected chi connectivity index (χ1v) is 11.6. The van der Waals surface area contributed by atoms with Gasteiger partial charge in [0.05, 0.1) is 23.2 Å². The van der Waals surface area contributed by atoms with Gasteiger partial charge in [-0.3, -0.25) is 10.6 Å². The maximum atomic E-state index is 11.5. The number of ether oxygens (including phenoxy) is 2. The van der Waals surface area contributed by atoms with E-state index in [1.807, 2.05) is 5.48 Å². The number of guanidine groups is 1. The Morgan fingerprint density at radius 3 is 2.11 bits per heavy atom. The highest BCUT2D eigenvalue weighted by Crippen LogP contribution is 2.28. The Balaban J connectivity index is 1.40. The van der Waals surface area contributed by atoms with Crippen LogP contribution in [0.5, 0.6) is 5.75 Å². The predicted octanol–water partition coefficient (Wildman–Crippen LogP) is 2.17. The van der Waals surface area contributed by atoms with Crippen LogP contribution in [-0.4, -0.2) is 62.1 Å². The molecule has 9 heteroatoms. The molecule has 3 N–H and O–H groups in total. The number of benzene rings is 1. The minimum absolute atomic E-state index is 0.0423. The maximum Gasteiger partial charge on any atom is 0.215 e. The highest BCUT2D eigenvalue weighted by atomic mass is 32.2. The summed E-state index contributed by atoms with van der Waals surface area (Å²) in [4.78, 5) is 2.10. The van der Waals surface area contributed by atoms with Crippen LogP contribution in [0, 0.1) is 5.41 Å². The first-order valence-electron chi connectivity index (χ1n) is 9.71. The lowest BCUT2D eigenvalue weighted by atomic mass is 9.94. The van der Waals surface area contributed by atoms with Gasteiger partial charge in [-0.05, 0) is 62.8 Å². The largest absolute Gasteiger partial charge is 0.490 e. The number of hydroxylamine groups is 1. The summed E-state index contributed by atoms with van der Waals surface area (Å²) in [6.07, 6.45) is 7.19. The molecule has 1 aromatic carbocycles. The summed E-state index contributed by atoms with van der Waals surface area (Å²) >= 11 is 0. The third-order valence-electron chi connectivity index (χ3n) is 5.42. The van der Waals surface area contributed by atoms with Crippen LogP contribution in [0.3, 0.4) is 0 Å². The molecule has 1 aliphatic carbocycles. The summed E-state index contributed by atoms with van der Waals surface area (Å²) in [5.41, 5.74) is 1.89. The lowest BCUT2D eigenvalue weighted by Crippen LogP contribution is -2.46. The van der Waals surface area contributed by atoms with Crippen LogP contribution in [-0.2, 0) is 14.6 Å². The summed E-state index contributed by atoms with van der Waals surface area (Å²) < 4.78 is 35.3. The van der Waals surface area contributed by atoms with Gasteiger partial charge in [-0.1, -0.05) is 0 Å². The average Bonchev–Trinajstić information content (AvgIpc) is 2.69. The van der Waals surface area contributed by atoms with Crippen molar-refractivity contribution in [2.24, 2.45) is 0 Å². The molecule has 1 aromatic rings. The van der Waals surface area contributed by atoms with Gasteiger partial charge >= 0.3 is 0 Å². The number of sulfone groups is 1. The molecule has 0 amide bonds. The maximum absolute atomic E-state index is 11.5. The van der Waals surface area contributed by atoms with Gasteiger partial charge in [0.2, 0.25) is 5.96 Å². The summed E-state index contributed by atoms with van der Waals surface area (Å²) in [5.74, 6) is 0.741. The van der Waals surface area contributed by atoms with Crippen molar-refractivity contribution in [2.75, 3.05) is 19.3 Å². The molecule has 0 atom stereocenters. The monoisotopic (exact) mass is 411 g/mol. The van der Waals surface area contributed by atoms with Crippen molar-refractivity contribution >= 4 is 15.8 Å². The molecular formula is C19H29N3O5S. The van der Waals surface area contributed by atoms with Gasteiger partial charge in [0.1, 0.15) is 5.75 Å². The Kier molecular flexibility index (Phi) is 6.79. The number of piperidine rings is 1. The quantitative estimate of drug-likeness (QED) is 0.387. The molecule has 0 spiro atoms. The molecule has 28 heavy (non-hydrogen) atoms. The summed E-state index contributed by atoms with van der Waals surface area (Å²) in [5, 5.41) is 16.4.